The summed E-state index contributed by atoms with van der Waals surface area (Å²) in [4.78, 5) is 28.0. The van der Waals surface area contributed by atoms with Gasteiger partial charge in [-0.05, 0) is 37.6 Å². The van der Waals surface area contributed by atoms with Crippen molar-refractivity contribution in [2.24, 2.45) is 13.0 Å². The van der Waals surface area contributed by atoms with Crippen molar-refractivity contribution < 1.29 is 22.9 Å². The molecule has 32 heavy (non-hydrogen) atoms. The molecule has 1 saturated heterocycles. The number of nitrogens with one attached hydrogen (secondary N) is 2. The standard InChI is InChI=1S/C21H25FN4O4S2/c1-4-30-21(28)26-8-13-11-31-19-17(32(29)24-16(13)9-26)10-25(3)18(19)20(27)23-14-5-6-15(22)12(2)7-14/h5-7,10,13,16,24H,4,8-9,11H2,1-3H3,(H,23,27)/t13-,16?,32?/m0/s1. The highest BCUT2D eigenvalue weighted by atomic mass is 32.2. The van der Waals surface area contributed by atoms with Gasteiger partial charge in [-0.2, -0.15) is 0 Å². The molecule has 2 aromatic rings. The van der Waals surface area contributed by atoms with Gasteiger partial charge in [0.15, 0.2) is 0 Å². The largest absolute Gasteiger partial charge is 0.450 e. The van der Waals surface area contributed by atoms with Gasteiger partial charge < -0.3 is 19.5 Å². The summed E-state index contributed by atoms with van der Waals surface area (Å²) < 4.78 is 36.6. The molecule has 4 rings (SSSR count). The molecule has 0 aliphatic carbocycles. The van der Waals surface area contributed by atoms with Crippen LogP contribution in [0.1, 0.15) is 23.0 Å². The van der Waals surface area contributed by atoms with E-state index in [1.165, 1.54) is 23.9 Å². The van der Waals surface area contributed by atoms with Crippen LogP contribution in [0.4, 0.5) is 14.9 Å². The number of likely N-dealkylation sites (tertiary alicyclic amines) is 1. The lowest BCUT2D eigenvalue weighted by Crippen LogP contribution is -2.39. The number of anilines is 1. The highest BCUT2D eigenvalue weighted by Gasteiger charge is 2.39. The number of carbonyl (C=O) groups is 2. The Morgan fingerprint density at radius 1 is 1.38 bits per heavy atom. The summed E-state index contributed by atoms with van der Waals surface area (Å²) >= 11 is 1.47. The molecule has 2 unspecified atom stereocenters. The van der Waals surface area contributed by atoms with Crippen LogP contribution in [0.3, 0.4) is 0 Å². The van der Waals surface area contributed by atoms with E-state index < -0.39 is 11.0 Å². The number of fused-ring (bicyclic) bond motifs is 2. The number of rotatable bonds is 3. The molecular formula is C21H25FN4O4S2. The summed E-state index contributed by atoms with van der Waals surface area (Å²) in [6.07, 6.45) is 1.32. The zero-order chi connectivity index (χ0) is 23.0. The summed E-state index contributed by atoms with van der Waals surface area (Å²) in [5, 5.41) is 2.81. The van der Waals surface area contributed by atoms with Crippen molar-refractivity contribution in [1.29, 1.82) is 0 Å². The summed E-state index contributed by atoms with van der Waals surface area (Å²) in [5.41, 5.74) is 1.31. The van der Waals surface area contributed by atoms with Crippen LogP contribution in [-0.4, -0.2) is 57.2 Å². The molecule has 1 aromatic heterocycles. The van der Waals surface area contributed by atoms with Crippen molar-refractivity contribution in [3.63, 3.8) is 0 Å². The van der Waals surface area contributed by atoms with Crippen LogP contribution < -0.4 is 10.0 Å². The van der Waals surface area contributed by atoms with E-state index in [1.807, 2.05) is 0 Å². The Morgan fingerprint density at radius 3 is 2.88 bits per heavy atom. The van der Waals surface area contributed by atoms with Crippen LogP contribution in [-0.2, 0) is 22.8 Å². The minimum absolute atomic E-state index is 0.0670. The maximum Gasteiger partial charge on any atom is 0.409 e. The predicted molar refractivity (Wildman–Crippen MR) is 121 cm³/mol. The van der Waals surface area contributed by atoms with Crippen LogP contribution in [0.5, 0.6) is 0 Å². The minimum atomic E-state index is -1.55. The van der Waals surface area contributed by atoms with Crippen LogP contribution in [0, 0.1) is 18.7 Å². The Bertz CT molecular complexity index is 1090. The number of halogens is 1. The second kappa shape index (κ2) is 9.24. The van der Waals surface area contributed by atoms with Gasteiger partial charge in [0.2, 0.25) is 0 Å². The molecule has 2 N–H and O–H groups in total. The van der Waals surface area contributed by atoms with Crippen LogP contribution in [0.25, 0.3) is 0 Å². The molecule has 3 heterocycles. The molecule has 1 fully saturated rings. The lowest BCUT2D eigenvalue weighted by atomic mass is 10.1. The number of benzene rings is 1. The third-order valence-electron chi connectivity index (χ3n) is 5.60. The van der Waals surface area contributed by atoms with Crippen molar-refractivity contribution in [3.8, 4) is 0 Å². The lowest BCUT2D eigenvalue weighted by Gasteiger charge is -2.22. The first-order valence-electron chi connectivity index (χ1n) is 10.3. The topological polar surface area (TPSA) is 92.7 Å². The zero-order valence-corrected chi connectivity index (χ0v) is 19.6. The van der Waals surface area contributed by atoms with Crippen LogP contribution in [0.2, 0.25) is 0 Å². The van der Waals surface area contributed by atoms with E-state index in [4.69, 9.17) is 4.74 Å². The summed E-state index contributed by atoms with van der Waals surface area (Å²) in [5.74, 6) is 0.0165. The average Bonchev–Trinajstić information content (AvgIpc) is 3.28. The van der Waals surface area contributed by atoms with Gasteiger partial charge in [-0.15, -0.1) is 11.8 Å². The fraction of sp³-hybridized carbons (Fsp3) is 0.429. The molecule has 0 radical (unpaired) electrons. The van der Waals surface area contributed by atoms with Gasteiger partial charge in [0.05, 0.1) is 16.4 Å². The maximum absolute atomic E-state index is 13.6. The average molecular weight is 481 g/mol. The van der Waals surface area contributed by atoms with Crippen LogP contribution in [0.15, 0.2) is 34.2 Å². The van der Waals surface area contributed by atoms with Gasteiger partial charge in [0.25, 0.3) is 5.91 Å². The molecule has 1 aromatic carbocycles. The van der Waals surface area contributed by atoms with E-state index in [9.17, 15) is 18.2 Å². The third-order valence-corrected chi connectivity index (χ3v) is 8.25. The molecule has 2 aliphatic heterocycles. The van der Waals surface area contributed by atoms with Crippen LogP contribution >= 0.6 is 11.8 Å². The van der Waals surface area contributed by atoms with E-state index in [0.29, 0.717) is 52.2 Å². The Labute approximate surface area is 192 Å². The SMILES string of the molecule is CCOC(=O)N1CC2NS(=O)c3cn(C)c(C(=O)Nc4ccc(F)c(C)c4)c3SC[C@@H]2C1. The van der Waals surface area contributed by atoms with E-state index in [1.54, 1.807) is 42.6 Å². The smallest absolute Gasteiger partial charge is 0.409 e. The number of amides is 2. The van der Waals surface area contributed by atoms with E-state index >= 15 is 0 Å². The number of hydrogen-bond donors (Lipinski definition) is 2. The zero-order valence-electron chi connectivity index (χ0n) is 18.0. The molecule has 0 spiro atoms. The highest BCUT2D eigenvalue weighted by molar-refractivity contribution is 8.00. The van der Waals surface area contributed by atoms with Gasteiger partial charge in [-0.1, -0.05) is 0 Å². The quantitative estimate of drug-likeness (QED) is 0.705. The Morgan fingerprint density at radius 2 is 2.16 bits per heavy atom. The molecular weight excluding hydrogens is 455 g/mol. The maximum atomic E-state index is 13.6. The van der Waals surface area contributed by atoms with Crippen molar-refractivity contribution in [2.75, 3.05) is 30.8 Å². The number of aryl methyl sites for hydroxylation is 2. The Kier molecular flexibility index (Phi) is 6.59. The highest BCUT2D eigenvalue weighted by Crippen LogP contribution is 2.36. The number of ether oxygens (including phenoxy) is 1. The summed E-state index contributed by atoms with van der Waals surface area (Å²) in [6.45, 7) is 4.62. The van der Waals surface area contributed by atoms with Crippen molar-refractivity contribution in [1.82, 2.24) is 14.2 Å². The first-order valence-corrected chi connectivity index (χ1v) is 12.4. The molecule has 2 aliphatic rings. The Hall–Kier alpha value is -2.37. The third kappa shape index (κ3) is 4.41. The van der Waals surface area contributed by atoms with Crippen molar-refractivity contribution in [3.05, 3.63) is 41.5 Å². The fourth-order valence-corrected chi connectivity index (χ4v) is 6.83. The van der Waals surface area contributed by atoms with Gasteiger partial charge in [-0.3, -0.25) is 4.79 Å². The first kappa shape index (κ1) is 22.8. The number of carbonyl (C=O) groups excluding carboxylic acids is 2. The predicted octanol–water partition coefficient (Wildman–Crippen LogP) is 2.90. The molecule has 0 bridgehead atoms. The van der Waals surface area contributed by atoms with E-state index in [0.717, 1.165) is 0 Å². The fourth-order valence-electron chi connectivity index (χ4n) is 3.95. The minimum Gasteiger partial charge on any atom is -0.450 e. The Balaban J connectivity index is 1.56. The molecule has 2 amide bonds. The second-order valence-corrected chi connectivity index (χ2v) is 10.1. The normalized spacial score (nSPS) is 22.5. The van der Waals surface area contributed by atoms with Crippen molar-refractivity contribution >= 4 is 40.4 Å². The monoisotopic (exact) mass is 480 g/mol. The van der Waals surface area contributed by atoms with Gasteiger partial charge in [-0.25, -0.2) is 18.1 Å². The van der Waals surface area contributed by atoms with Gasteiger partial charge in [0, 0.05) is 49.7 Å². The van der Waals surface area contributed by atoms with Gasteiger partial charge >= 0.3 is 6.09 Å². The first-order chi connectivity index (χ1) is 15.3. The second-order valence-electron chi connectivity index (χ2n) is 7.87. The summed E-state index contributed by atoms with van der Waals surface area (Å²) in [6, 6.07) is 4.26. The molecule has 0 saturated carbocycles. The van der Waals surface area contributed by atoms with Gasteiger partial charge in [0.1, 0.15) is 22.5 Å². The molecule has 11 heteroatoms. The summed E-state index contributed by atoms with van der Waals surface area (Å²) in [7, 11) is 0.188. The van der Waals surface area contributed by atoms with Crippen molar-refractivity contribution in [2.45, 2.75) is 29.7 Å². The number of thioether (sulfide) groups is 1. The number of hydrogen-bond acceptors (Lipinski definition) is 5. The molecule has 172 valence electrons. The molecule has 3 atom stereocenters. The number of aromatic nitrogens is 1. The van der Waals surface area contributed by atoms with E-state index in [2.05, 4.69) is 10.0 Å². The number of nitrogens with zero attached hydrogens (tertiary/aromatic N) is 2. The molecule has 8 nitrogen and oxygen atoms in total. The van der Waals surface area contributed by atoms with E-state index in [-0.39, 0.29) is 29.8 Å². The lowest BCUT2D eigenvalue weighted by molar-refractivity contribution is 0.101.